The monoisotopic (exact) mass is 276 g/mol. The molecule has 0 aromatic carbocycles. The van der Waals surface area contributed by atoms with E-state index < -0.39 is 5.60 Å². The van der Waals surface area contributed by atoms with Gasteiger partial charge in [-0.3, -0.25) is 4.90 Å². The molecule has 1 saturated heterocycles. The summed E-state index contributed by atoms with van der Waals surface area (Å²) in [4.78, 5) is 13.8. The highest BCUT2D eigenvalue weighted by atomic mass is 32.2. The first kappa shape index (κ1) is 14.6. The maximum Gasteiger partial charge on any atom is 0.412 e. The molecule has 1 heterocycles. The summed E-state index contributed by atoms with van der Waals surface area (Å²) >= 11 is 6.67. The molecule has 1 atom stereocenters. The molecule has 1 amide bonds. The lowest BCUT2D eigenvalue weighted by Gasteiger charge is -2.35. The van der Waals surface area contributed by atoms with Crippen molar-refractivity contribution in [1.29, 1.82) is 0 Å². The summed E-state index contributed by atoms with van der Waals surface area (Å²) in [6.45, 7) is 9.48. The Morgan fingerprint density at radius 1 is 1.53 bits per heavy atom. The number of thiocarbonyl (C=S) groups is 1. The summed E-state index contributed by atoms with van der Waals surface area (Å²) in [7, 11) is 0. The third-order valence-electron chi connectivity index (χ3n) is 2.40. The number of ether oxygens (including phenoxy) is 1. The molecule has 0 aliphatic carbocycles. The fourth-order valence-electron chi connectivity index (χ4n) is 1.67. The van der Waals surface area contributed by atoms with Crippen molar-refractivity contribution in [2.45, 2.75) is 51.1 Å². The van der Waals surface area contributed by atoms with Gasteiger partial charge in [0.25, 0.3) is 0 Å². The molecule has 1 rings (SSSR count). The molecule has 1 aliphatic heterocycles. The molecule has 98 valence electrons. The second-order valence-corrected chi connectivity index (χ2v) is 7.62. The van der Waals surface area contributed by atoms with E-state index in [2.05, 4.69) is 0 Å². The second kappa shape index (κ2) is 4.65. The minimum Gasteiger partial charge on any atom is -0.444 e. The van der Waals surface area contributed by atoms with Gasteiger partial charge in [-0.15, -0.1) is 11.8 Å². The molecule has 1 aliphatic rings. The van der Waals surface area contributed by atoms with E-state index >= 15 is 0 Å². The lowest BCUT2D eigenvalue weighted by atomic mass is 10.2. The van der Waals surface area contributed by atoms with Gasteiger partial charge in [-0.05, 0) is 34.6 Å². The zero-order chi connectivity index (χ0) is 13.4. The fourth-order valence-corrected chi connectivity index (χ4v) is 3.20. The van der Waals surface area contributed by atoms with Crippen LogP contribution in [0.1, 0.15) is 34.6 Å². The number of carbonyl (C=O) groups is 1. The van der Waals surface area contributed by atoms with E-state index in [0.717, 1.165) is 5.75 Å². The summed E-state index contributed by atoms with van der Waals surface area (Å²) in [6.07, 6.45) is -0.356. The normalized spacial score (nSPS) is 23.6. The third-order valence-corrected chi connectivity index (χ3v) is 4.06. The SMILES string of the molecule is CC(C)(C)OC(=O)N1[C@@H](C(N)=S)CSC1(C)C. The van der Waals surface area contributed by atoms with Crippen LogP contribution in [0.5, 0.6) is 0 Å². The van der Waals surface area contributed by atoms with Gasteiger partial charge >= 0.3 is 6.09 Å². The summed E-state index contributed by atoms with van der Waals surface area (Å²) in [5, 5.41) is 0. The Hall–Kier alpha value is -0.490. The Morgan fingerprint density at radius 3 is 2.47 bits per heavy atom. The molecule has 0 spiro atoms. The standard InChI is InChI=1S/C11H20N2O2S2/c1-10(2,3)15-9(14)13-7(8(12)16)6-17-11(13,4)5/h7H,6H2,1-5H3,(H2,12,16)/t7-/m1/s1. The van der Waals surface area contributed by atoms with Crippen molar-refractivity contribution in [1.82, 2.24) is 4.90 Å². The molecule has 0 radical (unpaired) electrons. The van der Waals surface area contributed by atoms with Crippen LogP contribution in [-0.4, -0.2) is 38.2 Å². The quantitative estimate of drug-likeness (QED) is 0.745. The van der Waals surface area contributed by atoms with Crippen molar-refractivity contribution in [2.75, 3.05) is 5.75 Å². The molecule has 17 heavy (non-hydrogen) atoms. The summed E-state index contributed by atoms with van der Waals surface area (Å²) < 4.78 is 5.40. The van der Waals surface area contributed by atoms with Gasteiger partial charge in [0.15, 0.2) is 0 Å². The van der Waals surface area contributed by atoms with E-state index in [1.807, 2.05) is 34.6 Å². The van der Waals surface area contributed by atoms with Gasteiger partial charge in [-0.1, -0.05) is 12.2 Å². The first-order valence-electron chi connectivity index (χ1n) is 5.50. The molecule has 0 bridgehead atoms. The molecular formula is C11H20N2O2S2. The Morgan fingerprint density at radius 2 is 2.06 bits per heavy atom. The van der Waals surface area contributed by atoms with Crippen molar-refractivity contribution in [2.24, 2.45) is 5.73 Å². The van der Waals surface area contributed by atoms with Crippen molar-refractivity contribution >= 4 is 35.1 Å². The largest absolute Gasteiger partial charge is 0.444 e. The van der Waals surface area contributed by atoms with E-state index in [-0.39, 0.29) is 17.0 Å². The topological polar surface area (TPSA) is 55.6 Å². The Balaban J connectivity index is 2.90. The smallest absolute Gasteiger partial charge is 0.412 e. The van der Waals surface area contributed by atoms with Gasteiger partial charge in [0, 0.05) is 5.75 Å². The van der Waals surface area contributed by atoms with Crippen molar-refractivity contribution in [3.05, 3.63) is 0 Å². The lowest BCUT2D eigenvalue weighted by molar-refractivity contribution is 0.0153. The predicted octanol–water partition coefficient (Wildman–Crippen LogP) is 2.36. The van der Waals surface area contributed by atoms with Crippen LogP contribution in [0.25, 0.3) is 0 Å². The maximum atomic E-state index is 12.2. The molecule has 1 fully saturated rings. The second-order valence-electron chi connectivity index (χ2n) is 5.53. The summed E-state index contributed by atoms with van der Waals surface area (Å²) in [6, 6.07) is -0.222. The number of nitrogens with zero attached hydrogens (tertiary/aromatic N) is 1. The molecule has 0 aromatic heterocycles. The first-order valence-corrected chi connectivity index (χ1v) is 6.89. The summed E-state index contributed by atoms with van der Waals surface area (Å²) in [5.74, 6) is 0.724. The maximum absolute atomic E-state index is 12.2. The Kier molecular flexibility index (Phi) is 3.98. The number of rotatable bonds is 1. The van der Waals surface area contributed by atoms with E-state index in [0.29, 0.717) is 4.99 Å². The van der Waals surface area contributed by atoms with Crippen molar-refractivity contribution < 1.29 is 9.53 Å². The average Bonchev–Trinajstić information content (AvgIpc) is 2.37. The molecule has 6 heteroatoms. The highest BCUT2D eigenvalue weighted by molar-refractivity contribution is 8.01. The van der Waals surface area contributed by atoms with Crippen molar-refractivity contribution in [3.8, 4) is 0 Å². The molecule has 4 nitrogen and oxygen atoms in total. The van der Waals surface area contributed by atoms with E-state index in [4.69, 9.17) is 22.7 Å². The van der Waals surface area contributed by atoms with Crippen LogP contribution >= 0.6 is 24.0 Å². The van der Waals surface area contributed by atoms with Gasteiger partial charge in [0.05, 0.1) is 15.9 Å². The molecule has 2 N–H and O–H groups in total. The van der Waals surface area contributed by atoms with Crippen LogP contribution in [0.3, 0.4) is 0 Å². The molecular weight excluding hydrogens is 256 g/mol. The summed E-state index contributed by atoms with van der Waals surface area (Å²) in [5.41, 5.74) is 5.17. The predicted molar refractivity (Wildman–Crippen MR) is 75.2 cm³/mol. The number of thioether (sulfide) groups is 1. The minimum atomic E-state index is -0.513. The molecule has 0 unspecified atom stereocenters. The number of nitrogens with two attached hydrogens (primary N) is 1. The van der Waals surface area contributed by atoms with E-state index in [1.54, 1.807) is 16.7 Å². The molecule has 0 aromatic rings. The highest BCUT2D eigenvalue weighted by Gasteiger charge is 2.46. The zero-order valence-corrected chi connectivity index (χ0v) is 12.6. The highest BCUT2D eigenvalue weighted by Crippen LogP contribution is 2.39. The van der Waals surface area contributed by atoms with Crippen LogP contribution in [0, 0.1) is 0 Å². The number of carbonyl (C=O) groups excluding carboxylic acids is 1. The van der Waals surface area contributed by atoms with E-state index in [1.165, 1.54) is 0 Å². The van der Waals surface area contributed by atoms with Gasteiger partial charge in [0.1, 0.15) is 5.60 Å². The van der Waals surface area contributed by atoms with Crippen LogP contribution in [-0.2, 0) is 4.74 Å². The first-order chi connectivity index (χ1) is 7.54. The minimum absolute atomic E-state index is 0.222. The lowest BCUT2D eigenvalue weighted by Crippen LogP contribution is -2.52. The number of amides is 1. The Bertz CT molecular complexity index is 337. The number of hydrogen-bond acceptors (Lipinski definition) is 4. The van der Waals surface area contributed by atoms with Crippen LogP contribution in [0.2, 0.25) is 0 Å². The third kappa shape index (κ3) is 3.48. The van der Waals surface area contributed by atoms with Crippen LogP contribution in [0.4, 0.5) is 4.79 Å². The fraction of sp³-hybridized carbons (Fsp3) is 0.818. The zero-order valence-electron chi connectivity index (χ0n) is 10.9. The number of hydrogen-bond donors (Lipinski definition) is 1. The van der Waals surface area contributed by atoms with Crippen molar-refractivity contribution in [3.63, 3.8) is 0 Å². The van der Waals surface area contributed by atoms with Gasteiger partial charge in [-0.2, -0.15) is 0 Å². The van der Waals surface area contributed by atoms with Crippen LogP contribution in [0.15, 0.2) is 0 Å². The van der Waals surface area contributed by atoms with Gasteiger partial charge < -0.3 is 10.5 Å². The molecule has 0 saturated carbocycles. The van der Waals surface area contributed by atoms with E-state index in [9.17, 15) is 4.79 Å². The van der Waals surface area contributed by atoms with Crippen LogP contribution < -0.4 is 5.73 Å². The van der Waals surface area contributed by atoms with Gasteiger partial charge in [0.2, 0.25) is 0 Å². The van der Waals surface area contributed by atoms with Gasteiger partial charge in [-0.25, -0.2) is 4.79 Å². The Labute approximate surface area is 112 Å². The average molecular weight is 276 g/mol.